The fourth-order valence-corrected chi connectivity index (χ4v) is 6.89. The monoisotopic (exact) mass is 754 g/mol. The molecule has 2 fully saturated rings. The van der Waals surface area contributed by atoms with Crippen LogP contribution in [0.1, 0.15) is 28.8 Å². The molecule has 0 spiro atoms. The van der Waals surface area contributed by atoms with Crippen LogP contribution in [0.25, 0.3) is 0 Å². The Morgan fingerprint density at radius 2 is 1.50 bits per heavy atom. The van der Waals surface area contributed by atoms with Gasteiger partial charge in [0.15, 0.2) is 0 Å². The highest BCUT2D eigenvalue weighted by Crippen LogP contribution is 2.30. The molecule has 3 heterocycles. The third kappa shape index (κ3) is 8.55. The van der Waals surface area contributed by atoms with Crippen LogP contribution in [-0.4, -0.2) is 90.0 Å². The number of carbonyl (C=O) groups is 4. The van der Waals surface area contributed by atoms with E-state index in [4.69, 9.17) is 5.73 Å². The summed E-state index contributed by atoms with van der Waals surface area (Å²) in [5.41, 5.74) is 8.92. The van der Waals surface area contributed by atoms with Crippen molar-refractivity contribution in [3.8, 4) is 0 Å². The molecule has 6 amide bonds. The number of nitrogens with two attached hydrogens (primary N) is 1. The molecular formula is C32H36Br2N8O4. The molecule has 5 rings (SSSR count). The molecular weight excluding hydrogens is 720 g/mol. The molecule has 0 bridgehead atoms. The Morgan fingerprint density at radius 1 is 0.870 bits per heavy atom. The second kappa shape index (κ2) is 15.4. The maximum Gasteiger partial charge on any atom is 0.321 e. The number of likely N-dealkylation sites (tertiary alicyclic amines) is 1. The Hall–Kier alpha value is -4.17. The number of imide groups is 1. The van der Waals surface area contributed by atoms with Gasteiger partial charge in [0.1, 0.15) is 6.04 Å². The Bertz CT molecular complexity index is 1520. The minimum Gasteiger partial charge on any atom is -0.397 e. The largest absolute Gasteiger partial charge is 0.397 e. The van der Waals surface area contributed by atoms with Crippen LogP contribution in [0.2, 0.25) is 0 Å². The third-order valence-corrected chi connectivity index (χ3v) is 9.49. The van der Waals surface area contributed by atoms with E-state index < -0.39 is 18.0 Å². The average Bonchev–Trinajstić information content (AvgIpc) is 3.07. The highest BCUT2D eigenvalue weighted by atomic mass is 79.9. The van der Waals surface area contributed by atoms with Crippen molar-refractivity contribution in [2.75, 3.05) is 49.9 Å². The summed E-state index contributed by atoms with van der Waals surface area (Å²) >= 11 is 6.96. The van der Waals surface area contributed by atoms with Crippen LogP contribution >= 0.6 is 31.9 Å². The van der Waals surface area contributed by atoms with Crippen molar-refractivity contribution in [1.82, 2.24) is 30.7 Å². The molecule has 12 nitrogen and oxygen atoms in total. The fraction of sp³-hybridized carbons (Fsp3) is 0.344. The van der Waals surface area contributed by atoms with E-state index in [1.54, 1.807) is 52.5 Å². The average molecular weight is 756 g/mol. The van der Waals surface area contributed by atoms with Crippen molar-refractivity contribution in [1.29, 1.82) is 0 Å². The Kier molecular flexibility index (Phi) is 11.1. The molecule has 1 aromatic heterocycles. The second-order valence-corrected chi connectivity index (χ2v) is 13.0. The Balaban J connectivity index is 1.18. The number of pyridine rings is 1. The van der Waals surface area contributed by atoms with E-state index in [1.807, 2.05) is 24.3 Å². The van der Waals surface area contributed by atoms with Crippen LogP contribution in [0.4, 0.5) is 21.0 Å². The molecule has 46 heavy (non-hydrogen) atoms. The van der Waals surface area contributed by atoms with E-state index >= 15 is 0 Å². The summed E-state index contributed by atoms with van der Waals surface area (Å²) in [7, 11) is 0. The van der Waals surface area contributed by atoms with Gasteiger partial charge in [0.2, 0.25) is 5.91 Å². The number of nitrogens with one attached hydrogen (secondary N) is 3. The van der Waals surface area contributed by atoms with E-state index in [9.17, 15) is 19.2 Å². The lowest BCUT2D eigenvalue weighted by Crippen LogP contribution is -2.58. The zero-order valence-corrected chi connectivity index (χ0v) is 28.3. The molecule has 0 aliphatic carbocycles. The molecule has 14 heteroatoms. The number of amides is 6. The van der Waals surface area contributed by atoms with Gasteiger partial charge in [-0.3, -0.25) is 19.9 Å². The van der Waals surface area contributed by atoms with Crippen LogP contribution < -0.4 is 26.6 Å². The van der Waals surface area contributed by atoms with Crippen LogP contribution in [0.3, 0.4) is 0 Å². The molecule has 1 atom stereocenters. The minimum absolute atomic E-state index is 0.150. The number of hydrogen-bond donors (Lipinski definition) is 4. The molecule has 2 aliphatic heterocycles. The number of urea groups is 2. The summed E-state index contributed by atoms with van der Waals surface area (Å²) in [4.78, 5) is 61.9. The van der Waals surface area contributed by atoms with Gasteiger partial charge in [-0.05, 0) is 86.7 Å². The molecule has 0 radical (unpaired) electrons. The predicted octanol–water partition coefficient (Wildman–Crippen LogP) is 3.76. The predicted molar refractivity (Wildman–Crippen MR) is 182 cm³/mol. The van der Waals surface area contributed by atoms with Crippen molar-refractivity contribution >= 4 is 67.1 Å². The first-order valence-corrected chi connectivity index (χ1v) is 16.7. The number of anilines is 2. The summed E-state index contributed by atoms with van der Waals surface area (Å²) in [6, 6.07) is 14.2. The van der Waals surface area contributed by atoms with Crippen molar-refractivity contribution < 1.29 is 19.2 Å². The van der Waals surface area contributed by atoms with Gasteiger partial charge in [-0.2, -0.15) is 0 Å². The third-order valence-electron chi connectivity index (χ3n) is 8.17. The SMILES string of the molecule is Nc1c(Br)cc(C[C@@H](NC(=O)N2CCC(NC(=O)NC(=O)c3ccccc3)CC2)C(=O)N2CCN(c3ccncc3)CC2)cc1Br. The van der Waals surface area contributed by atoms with E-state index in [0.717, 1.165) is 11.3 Å². The summed E-state index contributed by atoms with van der Waals surface area (Å²) < 4.78 is 1.40. The first kappa shape index (κ1) is 33.2. The van der Waals surface area contributed by atoms with Crippen molar-refractivity contribution in [2.45, 2.75) is 31.3 Å². The molecule has 2 aliphatic rings. The van der Waals surface area contributed by atoms with Crippen LogP contribution in [0, 0.1) is 0 Å². The number of carbonyl (C=O) groups excluding carboxylic acids is 4. The number of nitrogen functional groups attached to an aromatic ring is 1. The molecule has 0 unspecified atom stereocenters. The summed E-state index contributed by atoms with van der Waals surface area (Å²) in [5, 5.41) is 8.17. The second-order valence-electron chi connectivity index (χ2n) is 11.3. The lowest BCUT2D eigenvalue weighted by Gasteiger charge is -2.38. The van der Waals surface area contributed by atoms with Gasteiger partial charge >= 0.3 is 12.1 Å². The lowest BCUT2D eigenvalue weighted by atomic mass is 10.0. The first-order chi connectivity index (χ1) is 22.2. The minimum atomic E-state index is -0.798. The van der Waals surface area contributed by atoms with Crippen molar-refractivity contribution in [3.05, 3.63) is 87.1 Å². The number of rotatable bonds is 7. The first-order valence-electron chi connectivity index (χ1n) is 15.1. The smallest absolute Gasteiger partial charge is 0.321 e. The van der Waals surface area contributed by atoms with Gasteiger partial charge < -0.3 is 31.1 Å². The van der Waals surface area contributed by atoms with Gasteiger partial charge in [-0.15, -0.1) is 0 Å². The molecule has 0 saturated carbocycles. The van der Waals surface area contributed by atoms with E-state index in [-0.39, 0.29) is 24.4 Å². The van der Waals surface area contributed by atoms with Crippen molar-refractivity contribution in [3.63, 3.8) is 0 Å². The van der Waals surface area contributed by atoms with Gasteiger partial charge in [0.05, 0.1) is 5.69 Å². The number of aromatic nitrogens is 1. The zero-order valence-electron chi connectivity index (χ0n) is 25.1. The highest BCUT2D eigenvalue weighted by molar-refractivity contribution is 9.11. The maximum atomic E-state index is 13.9. The number of hydrogen-bond acceptors (Lipinski definition) is 7. The molecule has 242 valence electrons. The summed E-state index contributed by atoms with van der Waals surface area (Å²) in [5.74, 6) is -0.632. The number of piperazine rings is 1. The summed E-state index contributed by atoms with van der Waals surface area (Å²) in [6.07, 6.45) is 4.80. The fourth-order valence-electron chi connectivity index (χ4n) is 5.60. The highest BCUT2D eigenvalue weighted by Gasteiger charge is 2.32. The quantitative estimate of drug-likeness (QED) is 0.268. The van der Waals surface area contributed by atoms with Gasteiger partial charge in [0.25, 0.3) is 5.91 Å². The number of benzene rings is 2. The van der Waals surface area contributed by atoms with Crippen LogP contribution in [0.15, 0.2) is 75.9 Å². The Morgan fingerprint density at radius 3 is 2.13 bits per heavy atom. The zero-order chi connectivity index (χ0) is 32.6. The van der Waals surface area contributed by atoms with E-state index in [2.05, 4.69) is 57.7 Å². The van der Waals surface area contributed by atoms with Gasteiger partial charge in [0, 0.05) is 84.3 Å². The van der Waals surface area contributed by atoms with Crippen LogP contribution in [-0.2, 0) is 11.2 Å². The topological polar surface area (TPSA) is 153 Å². The lowest BCUT2D eigenvalue weighted by molar-refractivity contribution is -0.133. The molecule has 5 N–H and O–H groups in total. The van der Waals surface area contributed by atoms with E-state index in [1.165, 1.54) is 0 Å². The Labute approximate surface area is 284 Å². The van der Waals surface area contributed by atoms with E-state index in [0.29, 0.717) is 72.3 Å². The molecule has 3 aromatic rings. The number of halogens is 2. The standard InChI is InChI=1S/C32H36Br2N8O4/c33-25-18-21(19-26(34)28(25)35)20-27(30(44)41-16-14-40(15-17-41)24-6-10-36-11-7-24)38-32(46)42-12-8-23(9-13-42)37-31(45)39-29(43)22-4-2-1-3-5-22/h1-7,10-11,18-19,23,27H,8-9,12-17,20,35H2,(H,38,46)(H2,37,39,43,45)/t27-/m1/s1. The van der Waals surface area contributed by atoms with Gasteiger partial charge in [-0.1, -0.05) is 18.2 Å². The number of nitrogens with zero attached hydrogens (tertiary/aromatic N) is 4. The maximum absolute atomic E-state index is 13.9. The van der Waals surface area contributed by atoms with Gasteiger partial charge in [-0.25, -0.2) is 9.59 Å². The molecule has 2 aromatic carbocycles. The molecule has 2 saturated heterocycles. The van der Waals surface area contributed by atoms with Crippen molar-refractivity contribution in [2.24, 2.45) is 0 Å². The normalized spacial score (nSPS) is 16.0. The number of piperidine rings is 1. The summed E-state index contributed by atoms with van der Waals surface area (Å²) in [6.45, 7) is 3.14. The van der Waals surface area contributed by atoms with Crippen LogP contribution in [0.5, 0.6) is 0 Å².